The molecular formula is C12H14BrN3. The number of nitrogens with zero attached hydrogens (tertiary/aromatic N) is 1. The number of anilines is 2. The van der Waals surface area contributed by atoms with E-state index in [0.717, 1.165) is 22.4 Å². The van der Waals surface area contributed by atoms with Crippen molar-refractivity contribution in [3.05, 3.63) is 46.7 Å². The van der Waals surface area contributed by atoms with Crippen LogP contribution in [0.15, 0.2) is 41.0 Å². The lowest BCUT2D eigenvalue weighted by Gasteiger charge is -2.20. The maximum atomic E-state index is 5.97. The molecule has 2 aromatic rings. The lowest BCUT2D eigenvalue weighted by Crippen LogP contribution is -2.17. The predicted octanol–water partition coefficient (Wildman–Crippen LogP) is 3.00. The van der Waals surface area contributed by atoms with E-state index >= 15 is 0 Å². The molecule has 4 heteroatoms. The number of hydrogen-bond acceptors (Lipinski definition) is 2. The maximum absolute atomic E-state index is 5.97. The molecule has 0 saturated heterocycles. The van der Waals surface area contributed by atoms with Crippen molar-refractivity contribution in [1.82, 2.24) is 4.98 Å². The van der Waals surface area contributed by atoms with E-state index in [-0.39, 0.29) is 0 Å². The summed E-state index contributed by atoms with van der Waals surface area (Å²) in [6, 6.07) is 9.99. The minimum atomic E-state index is 0.781. The molecule has 0 atom stereocenters. The molecule has 0 radical (unpaired) electrons. The van der Waals surface area contributed by atoms with Crippen LogP contribution < -0.4 is 10.6 Å². The number of H-pyrrole nitrogens is 1. The highest BCUT2D eigenvalue weighted by Crippen LogP contribution is 2.26. The molecule has 1 heterocycles. The Morgan fingerprint density at radius 3 is 2.81 bits per heavy atom. The first-order valence-electron chi connectivity index (χ1n) is 5.05. The van der Waals surface area contributed by atoms with Crippen LogP contribution in [0.1, 0.15) is 5.69 Å². The smallest absolute Gasteiger partial charge is 0.0601 e. The molecule has 2 rings (SSSR count). The molecule has 1 aromatic carbocycles. The van der Waals surface area contributed by atoms with E-state index in [1.165, 1.54) is 5.69 Å². The van der Waals surface area contributed by atoms with Crippen molar-refractivity contribution >= 4 is 27.3 Å². The van der Waals surface area contributed by atoms with Crippen LogP contribution in [-0.2, 0) is 6.54 Å². The van der Waals surface area contributed by atoms with E-state index in [1.54, 1.807) is 0 Å². The van der Waals surface area contributed by atoms with Crippen molar-refractivity contribution < 1.29 is 0 Å². The molecule has 3 nitrogen and oxygen atoms in total. The highest BCUT2D eigenvalue weighted by molar-refractivity contribution is 9.10. The summed E-state index contributed by atoms with van der Waals surface area (Å²) < 4.78 is 1.00. The number of hydrogen-bond donors (Lipinski definition) is 2. The number of rotatable bonds is 3. The van der Waals surface area contributed by atoms with Crippen molar-refractivity contribution in [1.29, 1.82) is 0 Å². The monoisotopic (exact) mass is 279 g/mol. The van der Waals surface area contributed by atoms with E-state index < -0.39 is 0 Å². The van der Waals surface area contributed by atoms with Crippen molar-refractivity contribution in [2.75, 3.05) is 17.7 Å². The van der Waals surface area contributed by atoms with Crippen molar-refractivity contribution in [3.8, 4) is 0 Å². The Balaban J connectivity index is 2.17. The van der Waals surface area contributed by atoms with Crippen LogP contribution in [-0.4, -0.2) is 12.0 Å². The second-order valence-electron chi connectivity index (χ2n) is 3.75. The van der Waals surface area contributed by atoms with Gasteiger partial charge in [-0.15, -0.1) is 0 Å². The Morgan fingerprint density at radius 2 is 2.19 bits per heavy atom. The van der Waals surface area contributed by atoms with Gasteiger partial charge in [0.1, 0.15) is 0 Å². The average molecular weight is 280 g/mol. The largest absolute Gasteiger partial charge is 0.397 e. The number of nitrogen functional groups attached to an aromatic ring is 1. The third-order valence-electron chi connectivity index (χ3n) is 2.47. The van der Waals surface area contributed by atoms with Gasteiger partial charge in [-0.3, -0.25) is 0 Å². The zero-order valence-electron chi connectivity index (χ0n) is 9.07. The standard InChI is InChI=1S/C12H14BrN3/c1-16(8-10-3-2-6-15-10)12-5-4-9(13)7-11(12)14/h2-7,15H,8,14H2,1H3. The Labute approximate surface area is 103 Å². The summed E-state index contributed by atoms with van der Waals surface area (Å²) in [7, 11) is 2.03. The quantitative estimate of drug-likeness (QED) is 0.849. The first-order chi connectivity index (χ1) is 7.66. The van der Waals surface area contributed by atoms with Gasteiger partial charge < -0.3 is 15.6 Å². The molecule has 0 saturated carbocycles. The van der Waals surface area contributed by atoms with E-state index in [1.807, 2.05) is 37.5 Å². The Kier molecular flexibility index (Phi) is 3.19. The fourth-order valence-electron chi connectivity index (χ4n) is 1.68. The molecule has 84 valence electrons. The topological polar surface area (TPSA) is 45.0 Å². The van der Waals surface area contributed by atoms with E-state index in [9.17, 15) is 0 Å². The molecule has 0 aliphatic carbocycles. The van der Waals surface area contributed by atoms with E-state index in [0.29, 0.717) is 0 Å². The van der Waals surface area contributed by atoms with Gasteiger partial charge in [-0.2, -0.15) is 0 Å². The second kappa shape index (κ2) is 4.61. The number of aromatic nitrogens is 1. The molecule has 0 amide bonds. The van der Waals surface area contributed by atoms with Crippen LogP contribution in [0.4, 0.5) is 11.4 Å². The molecule has 16 heavy (non-hydrogen) atoms. The van der Waals surface area contributed by atoms with Crippen LogP contribution in [0, 0.1) is 0 Å². The number of benzene rings is 1. The molecule has 0 aliphatic rings. The number of nitrogens with one attached hydrogen (secondary N) is 1. The lowest BCUT2D eigenvalue weighted by atomic mass is 10.2. The van der Waals surface area contributed by atoms with Gasteiger partial charge >= 0.3 is 0 Å². The number of nitrogens with two attached hydrogens (primary N) is 1. The molecule has 3 N–H and O–H groups in total. The molecule has 0 spiro atoms. The number of aromatic amines is 1. The summed E-state index contributed by atoms with van der Waals surface area (Å²) in [5.74, 6) is 0. The van der Waals surface area contributed by atoms with Crippen LogP contribution in [0.2, 0.25) is 0 Å². The summed E-state index contributed by atoms with van der Waals surface area (Å²) in [4.78, 5) is 5.30. The summed E-state index contributed by atoms with van der Waals surface area (Å²) in [6.07, 6.45) is 1.92. The fraction of sp³-hybridized carbons (Fsp3) is 0.167. The minimum absolute atomic E-state index is 0.781. The first-order valence-corrected chi connectivity index (χ1v) is 5.84. The molecule has 1 aromatic heterocycles. The highest BCUT2D eigenvalue weighted by Gasteiger charge is 2.06. The van der Waals surface area contributed by atoms with Gasteiger partial charge in [0.2, 0.25) is 0 Å². The lowest BCUT2D eigenvalue weighted by molar-refractivity contribution is 0.896. The van der Waals surface area contributed by atoms with Crippen molar-refractivity contribution in [2.24, 2.45) is 0 Å². The molecular weight excluding hydrogens is 266 g/mol. The van der Waals surface area contributed by atoms with E-state index in [4.69, 9.17) is 5.73 Å². The van der Waals surface area contributed by atoms with Crippen LogP contribution in [0.3, 0.4) is 0 Å². The third kappa shape index (κ3) is 2.39. The zero-order valence-corrected chi connectivity index (χ0v) is 10.7. The van der Waals surface area contributed by atoms with Gasteiger partial charge in [-0.25, -0.2) is 0 Å². The number of halogens is 1. The third-order valence-corrected chi connectivity index (χ3v) is 2.96. The molecule has 0 fully saturated rings. The van der Waals surface area contributed by atoms with Crippen LogP contribution >= 0.6 is 15.9 Å². The summed E-state index contributed by atoms with van der Waals surface area (Å²) in [5.41, 5.74) is 8.96. The maximum Gasteiger partial charge on any atom is 0.0601 e. The predicted molar refractivity (Wildman–Crippen MR) is 71.5 cm³/mol. The highest BCUT2D eigenvalue weighted by atomic mass is 79.9. The molecule has 0 bridgehead atoms. The van der Waals surface area contributed by atoms with Crippen LogP contribution in [0.25, 0.3) is 0 Å². The Hall–Kier alpha value is -1.42. The summed E-state index contributed by atoms with van der Waals surface area (Å²) in [6.45, 7) is 0.818. The van der Waals surface area contributed by atoms with Gasteiger partial charge in [0.25, 0.3) is 0 Å². The normalized spacial score (nSPS) is 10.4. The van der Waals surface area contributed by atoms with Gasteiger partial charge in [0, 0.05) is 23.4 Å². The fourth-order valence-corrected chi connectivity index (χ4v) is 2.06. The summed E-state index contributed by atoms with van der Waals surface area (Å²) in [5, 5.41) is 0. The van der Waals surface area contributed by atoms with Gasteiger partial charge in [-0.05, 0) is 30.3 Å². The van der Waals surface area contributed by atoms with E-state index in [2.05, 4.69) is 31.9 Å². The Morgan fingerprint density at radius 1 is 1.38 bits per heavy atom. The van der Waals surface area contributed by atoms with Crippen LogP contribution in [0.5, 0.6) is 0 Å². The van der Waals surface area contributed by atoms with Crippen molar-refractivity contribution in [3.63, 3.8) is 0 Å². The zero-order chi connectivity index (χ0) is 11.5. The Bertz CT molecular complexity index is 465. The van der Waals surface area contributed by atoms with Gasteiger partial charge in [0.05, 0.1) is 17.9 Å². The average Bonchev–Trinajstić information content (AvgIpc) is 2.70. The SMILES string of the molecule is CN(Cc1ccc[nH]1)c1ccc(Br)cc1N. The molecule has 0 aliphatic heterocycles. The molecule has 0 unspecified atom stereocenters. The van der Waals surface area contributed by atoms with Gasteiger partial charge in [0.15, 0.2) is 0 Å². The summed E-state index contributed by atoms with van der Waals surface area (Å²) >= 11 is 3.40. The first kappa shape index (κ1) is 11.1. The minimum Gasteiger partial charge on any atom is -0.397 e. The van der Waals surface area contributed by atoms with Crippen molar-refractivity contribution in [2.45, 2.75) is 6.54 Å². The van der Waals surface area contributed by atoms with Gasteiger partial charge in [-0.1, -0.05) is 15.9 Å². The second-order valence-corrected chi connectivity index (χ2v) is 4.67.